The van der Waals surface area contributed by atoms with Crippen molar-refractivity contribution >= 4 is 10.0 Å². The van der Waals surface area contributed by atoms with Crippen molar-refractivity contribution < 1.29 is 17.9 Å². The Kier molecular flexibility index (Phi) is 5.67. The van der Waals surface area contributed by atoms with E-state index >= 15 is 0 Å². The first-order valence-corrected chi connectivity index (χ1v) is 8.96. The number of rotatable bonds is 6. The molecule has 0 aliphatic carbocycles. The number of hydrogen-bond acceptors (Lipinski definition) is 5. The molecule has 0 aliphatic rings. The molecule has 2 aromatic rings. The molecule has 25 heavy (non-hydrogen) atoms. The maximum atomic E-state index is 12.8. The minimum atomic E-state index is -3.79. The zero-order valence-electron chi connectivity index (χ0n) is 14.6. The second-order valence-corrected chi connectivity index (χ2v) is 7.52. The van der Waals surface area contributed by atoms with Crippen molar-refractivity contribution in [2.75, 3.05) is 21.3 Å². The molecule has 7 heteroatoms. The number of hydrogen-bond donors (Lipinski definition) is 0. The Balaban J connectivity index is 2.39. The smallest absolute Gasteiger partial charge is 0.244 e. The summed E-state index contributed by atoms with van der Waals surface area (Å²) in [4.78, 5) is -0.00173. The molecule has 0 aromatic heterocycles. The first kappa shape index (κ1) is 18.8. The topological polar surface area (TPSA) is 79.6 Å². The normalized spacial score (nSPS) is 11.2. The highest BCUT2D eigenvalue weighted by Gasteiger charge is 2.24. The molecule has 0 saturated heterocycles. The molecule has 0 unspecified atom stereocenters. The summed E-state index contributed by atoms with van der Waals surface area (Å²) in [6.45, 7) is 2.02. The summed E-state index contributed by atoms with van der Waals surface area (Å²) in [5, 5.41) is 9.16. The number of sulfonamides is 1. The number of aryl methyl sites for hydroxylation is 1. The van der Waals surface area contributed by atoms with E-state index in [0.29, 0.717) is 11.5 Å². The molecule has 0 fully saturated rings. The Morgan fingerprint density at radius 3 is 2.32 bits per heavy atom. The van der Waals surface area contributed by atoms with E-state index in [2.05, 4.69) is 0 Å². The van der Waals surface area contributed by atoms with Crippen LogP contribution in [0.3, 0.4) is 0 Å². The van der Waals surface area contributed by atoms with Crippen molar-refractivity contribution in [3.63, 3.8) is 0 Å². The van der Waals surface area contributed by atoms with Gasteiger partial charge in [0.05, 0.1) is 24.7 Å². The molecule has 0 bridgehead atoms. The molecule has 2 rings (SSSR count). The highest BCUT2D eigenvalue weighted by atomic mass is 32.2. The lowest BCUT2D eigenvalue weighted by Crippen LogP contribution is -2.27. The van der Waals surface area contributed by atoms with Crippen molar-refractivity contribution in [1.82, 2.24) is 4.31 Å². The van der Waals surface area contributed by atoms with Crippen molar-refractivity contribution in [2.24, 2.45) is 0 Å². The molecule has 0 amide bonds. The third-order valence-corrected chi connectivity index (χ3v) is 5.79. The van der Waals surface area contributed by atoms with E-state index in [1.165, 1.54) is 30.6 Å². The van der Waals surface area contributed by atoms with E-state index in [0.717, 1.165) is 11.1 Å². The summed E-state index contributed by atoms with van der Waals surface area (Å²) >= 11 is 0. The lowest BCUT2D eigenvalue weighted by atomic mass is 10.1. The quantitative estimate of drug-likeness (QED) is 0.791. The van der Waals surface area contributed by atoms with E-state index in [9.17, 15) is 8.42 Å². The van der Waals surface area contributed by atoms with Crippen LogP contribution in [0.15, 0.2) is 41.3 Å². The van der Waals surface area contributed by atoms with Crippen LogP contribution >= 0.6 is 0 Å². The van der Waals surface area contributed by atoms with Crippen LogP contribution in [0, 0.1) is 18.3 Å². The van der Waals surface area contributed by atoms with Gasteiger partial charge in [-0.2, -0.15) is 9.57 Å². The molecule has 0 saturated carbocycles. The first-order chi connectivity index (χ1) is 11.8. The molecule has 6 nitrogen and oxygen atoms in total. The van der Waals surface area contributed by atoms with Gasteiger partial charge in [-0.05, 0) is 42.3 Å². The third-order valence-electron chi connectivity index (χ3n) is 3.93. The number of ether oxygens (including phenoxy) is 2. The number of nitrogens with zero attached hydrogens (tertiary/aromatic N) is 2. The van der Waals surface area contributed by atoms with Gasteiger partial charge in [0, 0.05) is 13.6 Å². The maximum Gasteiger partial charge on any atom is 0.244 e. The van der Waals surface area contributed by atoms with Crippen LogP contribution < -0.4 is 9.47 Å². The Labute approximate surface area is 148 Å². The molecular formula is C18H20N2O4S. The van der Waals surface area contributed by atoms with Crippen LogP contribution in [0.5, 0.6) is 11.5 Å². The van der Waals surface area contributed by atoms with E-state index in [-0.39, 0.29) is 17.0 Å². The largest absolute Gasteiger partial charge is 0.493 e. The van der Waals surface area contributed by atoms with Crippen LogP contribution in [0.4, 0.5) is 0 Å². The number of nitriles is 1. The fraction of sp³-hybridized carbons (Fsp3) is 0.278. The Bertz CT molecular complexity index is 917. The summed E-state index contributed by atoms with van der Waals surface area (Å²) in [6.07, 6.45) is 0. The van der Waals surface area contributed by atoms with Gasteiger partial charge in [-0.1, -0.05) is 12.1 Å². The minimum Gasteiger partial charge on any atom is -0.493 e. The lowest BCUT2D eigenvalue weighted by molar-refractivity contribution is 0.353. The van der Waals surface area contributed by atoms with Crippen LogP contribution in [-0.2, 0) is 16.6 Å². The standard InChI is InChI=1S/C18H20N2O4S/c1-13-9-16(23-3)17(24-4)10-15(13)12-20(2)25(21,22)18-8-6-5-7-14(18)11-19/h5-10H,12H2,1-4H3. The van der Waals surface area contributed by atoms with Crippen molar-refractivity contribution in [3.8, 4) is 17.6 Å². The van der Waals surface area contributed by atoms with Gasteiger partial charge < -0.3 is 9.47 Å². The average molecular weight is 360 g/mol. The fourth-order valence-electron chi connectivity index (χ4n) is 2.47. The van der Waals surface area contributed by atoms with Gasteiger partial charge in [0.15, 0.2) is 11.5 Å². The SMILES string of the molecule is COc1cc(C)c(CN(C)S(=O)(=O)c2ccccc2C#N)cc1OC. The number of methoxy groups -OCH3 is 2. The molecular weight excluding hydrogens is 340 g/mol. The predicted molar refractivity (Wildman–Crippen MR) is 94.1 cm³/mol. The predicted octanol–water partition coefficient (Wildman–Crippen LogP) is 2.70. The summed E-state index contributed by atoms with van der Waals surface area (Å²) in [6, 6.07) is 11.6. The Hall–Kier alpha value is -2.56. The first-order valence-electron chi connectivity index (χ1n) is 7.52. The van der Waals surface area contributed by atoms with Gasteiger partial charge in [-0.3, -0.25) is 0 Å². The summed E-state index contributed by atoms with van der Waals surface area (Å²) in [7, 11) is 0.769. The second-order valence-electron chi connectivity index (χ2n) is 5.50. The fourth-order valence-corrected chi connectivity index (χ4v) is 3.76. The zero-order valence-corrected chi connectivity index (χ0v) is 15.4. The van der Waals surface area contributed by atoms with Gasteiger partial charge in [0.2, 0.25) is 10.0 Å². The molecule has 0 N–H and O–H groups in total. The van der Waals surface area contributed by atoms with Gasteiger partial charge in [-0.25, -0.2) is 8.42 Å². The molecule has 132 valence electrons. The van der Waals surface area contributed by atoms with Gasteiger partial charge >= 0.3 is 0 Å². The van der Waals surface area contributed by atoms with Crippen LogP contribution in [-0.4, -0.2) is 34.0 Å². The van der Waals surface area contributed by atoms with E-state index < -0.39 is 10.0 Å². The van der Waals surface area contributed by atoms with Crippen LogP contribution in [0.1, 0.15) is 16.7 Å². The van der Waals surface area contributed by atoms with E-state index in [1.54, 1.807) is 31.4 Å². The molecule has 0 spiro atoms. The molecule has 0 radical (unpaired) electrons. The van der Waals surface area contributed by atoms with Gasteiger partial charge in [0.25, 0.3) is 0 Å². The third kappa shape index (κ3) is 3.76. The van der Waals surface area contributed by atoms with E-state index in [1.807, 2.05) is 13.0 Å². The summed E-state index contributed by atoms with van der Waals surface area (Å²) in [5.41, 5.74) is 1.80. The molecule has 0 heterocycles. The number of benzene rings is 2. The highest BCUT2D eigenvalue weighted by Crippen LogP contribution is 2.31. The lowest BCUT2D eigenvalue weighted by Gasteiger charge is -2.20. The molecule has 0 aliphatic heterocycles. The second kappa shape index (κ2) is 7.55. The Morgan fingerprint density at radius 1 is 1.12 bits per heavy atom. The van der Waals surface area contributed by atoms with Crippen LogP contribution in [0.2, 0.25) is 0 Å². The molecule has 2 aromatic carbocycles. The monoisotopic (exact) mass is 360 g/mol. The highest BCUT2D eigenvalue weighted by molar-refractivity contribution is 7.89. The maximum absolute atomic E-state index is 12.8. The average Bonchev–Trinajstić information content (AvgIpc) is 2.62. The van der Waals surface area contributed by atoms with Crippen molar-refractivity contribution in [1.29, 1.82) is 5.26 Å². The van der Waals surface area contributed by atoms with E-state index in [4.69, 9.17) is 14.7 Å². The van der Waals surface area contributed by atoms with Crippen LogP contribution in [0.25, 0.3) is 0 Å². The molecule has 0 atom stereocenters. The van der Waals surface area contributed by atoms with Gasteiger partial charge in [0.1, 0.15) is 6.07 Å². The summed E-state index contributed by atoms with van der Waals surface area (Å²) < 4.78 is 37.4. The van der Waals surface area contributed by atoms with Crippen molar-refractivity contribution in [2.45, 2.75) is 18.4 Å². The minimum absolute atomic E-state index is 0.00173. The summed E-state index contributed by atoms with van der Waals surface area (Å²) in [5.74, 6) is 1.12. The Morgan fingerprint density at radius 2 is 1.72 bits per heavy atom. The van der Waals surface area contributed by atoms with Gasteiger partial charge in [-0.15, -0.1) is 0 Å². The zero-order chi connectivity index (χ0) is 18.6. The van der Waals surface area contributed by atoms with Crippen molar-refractivity contribution in [3.05, 3.63) is 53.1 Å².